The molecule has 10 aromatic rings. The standard InChI is InChI=1S/C43H26N2OS2/c1-3-10-28(11-4-1)43-44-35-23-25-39-40(42(35)48-43)34-26-29(20-24-38(34)47-39)27-18-21-31(22-19-27)45(30-12-5-2-6-13-30)36-16-9-15-33-32-14-7-8-17-37(32)46-41(33)36/h1-26H. The summed E-state index contributed by atoms with van der Waals surface area (Å²) in [7, 11) is 0. The van der Waals surface area contributed by atoms with Crippen molar-refractivity contribution in [2.75, 3.05) is 4.90 Å². The summed E-state index contributed by atoms with van der Waals surface area (Å²) in [6.07, 6.45) is 0. The van der Waals surface area contributed by atoms with Gasteiger partial charge in [0.1, 0.15) is 10.6 Å². The largest absolute Gasteiger partial charge is 0.454 e. The number of anilines is 3. The fourth-order valence-electron chi connectivity index (χ4n) is 6.85. The first-order chi connectivity index (χ1) is 23.8. The first kappa shape index (κ1) is 27.4. The molecule has 0 spiro atoms. The van der Waals surface area contributed by atoms with Gasteiger partial charge in [-0.25, -0.2) is 4.98 Å². The molecule has 0 aliphatic heterocycles. The topological polar surface area (TPSA) is 29.3 Å². The van der Waals surface area contributed by atoms with E-state index in [0.717, 1.165) is 55.1 Å². The number of nitrogens with zero attached hydrogens (tertiary/aromatic N) is 2. The normalized spacial score (nSPS) is 11.8. The molecule has 0 radical (unpaired) electrons. The van der Waals surface area contributed by atoms with Gasteiger partial charge in [0, 0.05) is 47.9 Å². The number of aromatic nitrogens is 1. The molecule has 5 heteroatoms. The maximum atomic E-state index is 6.48. The predicted molar refractivity (Wildman–Crippen MR) is 205 cm³/mol. The van der Waals surface area contributed by atoms with E-state index in [1.807, 2.05) is 23.5 Å². The molecule has 226 valence electrons. The molecule has 0 bridgehead atoms. The molecule has 0 aliphatic carbocycles. The van der Waals surface area contributed by atoms with E-state index in [0.29, 0.717) is 0 Å². The monoisotopic (exact) mass is 650 g/mol. The Bertz CT molecular complexity index is 2780. The predicted octanol–water partition coefficient (Wildman–Crippen LogP) is 13.4. The zero-order valence-electron chi connectivity index (χ0n) is 25.6. The Balaban J connectivity index is 1.09. The van der Waals surface area contributed by atoms with Gasteiger partial charge in [-0.05, 0) is 71.8 Å². The Labute approximate surface area is 284 Å². The molecule has 7 aromatic carbocycles. The van der Waals surface area contributed by atoms with Gasteiger partial charge in [0.25, 0.3) is 0 Å². The van der Waals surface area contributed by atoms with E-state index in [9.17, 15) is 0 Å². The van der Waals surface area contributed by atoms with E-state index in [-0.39, 0.29) is 0 Å². The van der Waals surface area contributed by atoms with E-state index in [4.69, 9.17) is 9.40 Å². The summed E-state index contributed by atoms with van der Waals surface area (Å²) in [6, 6.07) is 55.8. The van der Waals surface area contributed by atoms with Gasteiger partial charge < -0.3 is 9.32 Å². The van der Waals surface area contributed by atoms with Gasteiger partial charge in [0.2, 0.25) is 0 Å². The average molecular weight is 651 g/mol. The van der Waals surface area contributed by atoms with Crippen molar-refractivity contribution in [1.82, 2.24) is 4.98 Å². The van der Waals surface area contributed by atoms with Crippen molar-refractivity contribution in [3.63, 3.8) is 0 Å². The molecule has 0 amide bonds. The highest BCUT2D eigenvalue weighted by Crippen LogP contribution is 2.45. The lowest BCUT2D eigenvalue weighted by Gasteiger charge is -2.25. The molecule has 0 N–H and O–H groups in total. The number of benzene rings is 7. The van der Waals surface area contributed by atoms with Gasteiger partial charge in [-0.3, -0.25) is 0 Å². The van der Waals surface area contributed by atoms with Crippen LogP contribution in [0.5, 0.6) is 0 Å². The lowest BCUT2D eigenvalue weighted by Crippen LogP contribution is -2.10. The third-order valence-electron chi connectivity index (χ3n) is 9.11. The number of fused-ring (bicyclic) bond motifs is 8. The van der Waals surface area contributed by atoms with Crippen molar-refractivity contribution >= 4 is 92.1 Å². The summed E-state index contributed by atoms with van der Waals surface area (Å²) in [5.41, 5.74) is 9.53. The Morgan fingerprint density at radius 1 is 0.500 bits per heavy atom. The fourth-order valence-corrected chi connectivity index (χ4v) is 9.14. The maximum Gasteiger partial charge on any atom is 0.159 e. The first-order valence-corrected chi connectivity index (χ1v) is 17.6. The van der Waals surface area contributed by atoms with Crippen LogP contribution in [-0.4, -0.2) is 4.98 Å². The van der Waals surface area contributed by atoms with Crippen LogP contribution in [0.25, 0.3) is 74.0 Å². The molecule has 0 saturated heterocycles. The van der Waals surface area contributed by atoms with Gasteiger partial charge in [-0.2, -0.15) is 0 Å². The number of furan rings is 1. The molecule has 10 rings (SSSR count). The third kappa shape index (κ3) is 4.36. The number of rotatable bonds is 5. The minimum Gasteiger partial charge on any atom is -0.454 e. The van der Waals surface area contributed by atoms with Crippen LogP contribution < -0.4 is 4.90 Å². The maximum absolute atomic E-state index is 6.48. The Hall–Kier alpha value is -5.75. The second-order valence-corrected chi connectivity index (χ2v) is 14.0. The number of thiazole rings is 1. The Morgan fingerprint density at radius 2 is 1.21 bits per heavy atom. The molecule has 3 nitrogen and oxygen atoms in total. The van der Waals surface area contributed by atoms with E-state index in [2.05, 4.69) is 150 Å². The van der Waals surface area contributed by atoms with Crippen molar-refractivity contribution in [2.24, 2.45) is 0 Å². The van der Waals surface area contributed by atoms with Crippen LogP contribution in [0.4, 0.5) is 17.1 Å². The number of hydrogen-bond donors (Lipinski definition) is 0. The van der Waals surface area contributed by atoms with Crippen LogP contribution >= 0.6 is 22.7 Å². The van der Waals surface area contributed by atoms with Crippen LogP contribution in [-0.2, 0) is 0 Å². The van der Waals surface area contributed by atoms with Gasteiger partial charge in [-0.15, -0.1) is 22.7 Å². The second-order valence-electron chi connectivity index (χ2n) is 12.0. The third-order valence-corrected chi connectivity index (χ3v) is 11.4. The summed E-state index contributed by atoms with van der Waals surface area (Å²) in [5.74, 6) is 0. The quantitative estimate of drug-likeness (QED) is 0.186. The van der Waals surface area contributed by atoms with Gasteiger partial charge in [-0.1, -0.05) is 97.1 Å². The van der Waals surface area contributed by atoms with Crippen molar-refractivity contribution in [3.05, 3.63) is 158 Å². The lowest BCUT2D eigenvalue weighted by atomic mass is 10.0. The molecule has 0 atom stereocenters. The summed E-state index contributed by atoms with van der Waals surface area (Å²) in [4.78, 5) is 7.31. The molecule has 0 saturated carbocycles. The Morgan fingerprint density at radius 3 is 2.06 bits per heavy atom. The second kappa shape index (κ2) is 10.9. The van der Waals surface area contributed by atoms with E-state index < -0.39 is 0 Å². The zero-order valence-corrected chi connectivity index (χ0v) is 27.3. The average Bonchev–Trinajstić information content (AvgIpc) is 3.86. The van der Waals surface area contributed by atoms with Crippen LogP contribution in [0.1, 0.15) is 0 Å². The van der Waals surface area contributed by atoms with E-state index >= 15 is 0 Å². The summed E-state index contributed by atoms with van der Waals surface area (Å²) in [5, 5.41) is 5.89. The van der Waals surface area contributed by atoms with Crippen LogP contribution in [0.15, 0.2) is 162 Å². The first-order valence-electron chi connectivity index (χ1n) is 16.0. The van der Waals surface area contributed by atoms with Crippen LogP contribution in [0, 0.1) is 0 Å². The molecule has 3 aromatic heterocycles. The molecule has 0 aliphatic rings. The lowest BCUT2D eigenvalue weighted by molar-refractivity contribution is 0.669. The van der Waals surface area contributed by atoms with Crippen LogP contribution in [0.3, 0.4) is 0 Å². The molecule has 3 heterocycles. The molecule has 0 fully saturated rings. The van der Waals surface area contributed by atoms with Crippen molar-refractivity contribution in [3.8, 4) is 21.7 Å². The van der Waals surface area contributed by atoms with Gasteiger partial charge >= 0.3 is 0 Å². The van der Waals surface area contributed by atoms with E-state index in [1.54, 1.807) is 11.3 Å². The van der Waals surface area contributed by atoms with Crippen LogP contribution in [0.2, 0.25) is 0 Å². The fraction of sp³-hybridized carbons (Fsp3) is 0. The highest BCUT2D eigenvalue weighted by Gasteiger charge is 2.19. The molecular weight excluding hydrogens is 625 g/mol. The number of para-hydroxylation sites is 3. The summed E-state index contributed by atoms with van der Waals surface area (Å²) >= 11 is 3.64. The van der Waals surface area contributed by atoms with Crippen molar-refractivity contribution in [2.45, 2.75) is 0 Å². The van der Waals surface area contributed by atoms with Crippen molar-refractivity contribution in [1.29, 1.82) is 0 Å². The molecule has 0 unspecified atom stereocenters. The number of hydrogen-bond acceptors (Lipinski definition) is 5. The molecule has 48 heavy (non-hydrogen) atoms. The zero-order chi connectivity index (χ0) is 31.6. The summed E-state index contributed by atoms with van der Waals surface area (Å²) in [6.45, 7) is 0. The van der Waals surface area contributed by atoms with Crippen molar-refractivity contribution < 1.29 is 4.42 Å². The highest BCUT2D eigenvalue weighted by molar-refractivity contribution is 7.28. The van der Waals surface area contributed by atoms with Gasteiger partial charge in [0.15, 0.2) is 5.58 Å². The minimum absolute atomic E-state index is 0.881. The summed E-state index contributed by atoms with van der Waals surface area (Å²) < 4.78 is 10.3. The molecular formula is C43H26N2OS2. The minimum atomic E-state index is 0.881. The SMILES string of the molecule is c1ccc(-c2nc3ccc4sc5ccc(-c6ccc(N(c7ccccc7)c7cccc8c7oc7ccccc78)cc6)cc5c4c3s2)cc1. The number of thiophene rings is 1. The van der Waals surface area contributed by atoms with Gasteiger partial charge in [0.05, 0.1) is 15.9 Å². The van der Waals surface area contributed by atoms with E-state index in [1.165, 1.54) is 36.0 Å². The smallest absolute Gasteiger partial charge is 0.159 e. The Kier molecular flexibility index (Phi) is 6.22. The highest BCUT2D eigenvalue weighted by atomic mass is 32.1.